The van der Waals surface area contributed by atoms with Crippen LogP contribution >= 0.6 is 11.3 Å². The van der Waals surface area contributed by atoms with Crippen molar-refractivity contribution in [1.82, 2.24) is 4.57 Å². The number of aromatic nitrogens is 1. The van der Waals surface area contributed by atoms with Gasteiger partial charge in [0.1, 0.15) is 6.61 Å². The first-order valence-corrected chi connectivity index (χ1v) is 13.9. The first kappa shape index (κ1) is 28.5. The van der Waals surface area contributed by atoms with E-state index in [1.165, 1.54) is 30.6 Å². The molecule has 42 heavy (non-hydrogen) atoms. The van der Waals surface area contributed by atoms with Crippen LogP contribution in [0.3, 0.4) is 0 Å². The van der Waals surface area contributed by atoms with E-state index in [0.717, 1.165) is 11.1 Å². The number of hydrogen-bond donors (Lipinski definition) is 0. The van der Waals surface area contributed by atoms with Gasteiger partial charge in [0.2, 0.25) is 0 Å². The van der Waals surface area contributed by atoms with Gasteiger partial charge in [-0.3, -0.25) is 19.5 Å². The lowest BCUT2D eigenvalue weighted by Gasteiger charge is -2.24. The smallest absolute Gasteiger partial charge is 0.338 e. The number of nitrogens with zero attached hydrogens (tertiary/aromatic N) is 3. The Morgan fingerprint density at radius 3 is 2.50 bits per heavy atom. The second-order valence-corrected chi connectivity index (χ2v) is 10.3. The van der Waals surface area contributed by atoms with Gasteiger partial charge in [0.05, 0.1) is 40.5 Å². The van der Waals surface area contributed by atoms with Crippen LogP contribution in [0.15, 0.2) is 93.9 Å². The third-order valence-electron chi connectivity index (χ3n) is 6.66. The van der Waals surface area contributed by atoms with E-state index < -0.39 is 16.9 Å². The predicted octanol–water partition coefficient (Wildman–Crippen LogP) is 4.29. The van der Waals surface area contributed by atoms with E-state index in [4.69, 9.17) is 14.2 Å². The molecule has 0 spiro atoms. The third kappa shape index (κ3) is 5.72. The number of non-ortho nitro benzene ring substituents is 1. The minimum Gasteiger partial charge on any atom is -0.493 e. The van der Waals surface area contributed by atoms with Crippen molar-refractivity contribution in [2.45, 2.75) is 26.5 Å². The highest BCUT2D eigenvalue weighted by Gasteiger charge is 2.33. The molecule has 1 aromatic heterocycles. The Balaban J connectivity index is 1.49. The summed E-state index contributed by atoms with van der Waals surface area (Å²) < 4.78 is 18.8. The lowest BCUT2D eigenvalue weighted by Crippen LogP contribution is -2.39. The number of carbonyl (C=O) groups excluding carboxylic acids is 1. The third-order valence-corrected chi connectivity index (χ3v) is 7.64. The molecule has 4 aromatic rings. The van der Waals surface area contributed by atoms with E-state index in [0.29, 0.717) is 37.7 Å². The monoisotopic (exact) mass is 585 g/mol. The van der Waals surface area contributed by atoms with Crippen LogP contribution in [-0.2, 0) is 16.1 Å². The summed E-state index contributed by atoms with van der Waals surface area (Å²) in [5.74, 6) is 0.435. The number of hydrogen-bond acceptors (Lipinski definition) is 9. The number of carbonyl (C=O) groups is 1. The van der Waals surface area contributed by atoms with Gasteiger partial charge in [-0.05, 0) is 60.9 Å². The number of nitro groups is 1. The summed E-state index contributed by atoms with van der Waals surface area (Å²) in [4.78, 5) is 42.3. The van der Waals surface area contributed by atoms with Gasteiger partial charge >= 0.3 is 5.97 Å². The zero-order valence-electron chi connectivity index (χ0n) is 23.1. The molecule has 0 aliphatic carbocycles. The summed E-state index contributed by atoms with van der Waals surface area (Å²) in [7, 11) is 1.52. The SMILES string of the molecule is CCOC(=O)C1=C(C)N=c2s/c(=C/c3ccc(OCc4ccc([N+](=O)[O-])cc4)c(OC)c3)c(=O)n2[C@H]1c1ccccc1. The fourth-order valence-corrected chi connectivity index (χ4v) is 5.71. The standard InChI is InChI=1S/C31H27N3O7S/c1-4-40-30(36)27-19(2)32-31-33(28(27)22-8-6-5-7-9-22)29(35)26(42-31)17-21-12-15-24(25(16-21)39-3)41-18-20-10-13-23(14-11-20)34(37)38/h5-17,28H,4,18H2,1-3H3/b26-17+/t28-/m0/s1. The highest BCUT2D eigenvalue weighted by molar-refractivity contribution is 7.07. The first-order chi connectivity index (χ1) is 20.3. The fraction of sp³-hybridized carbons (Fsp3) is 0.194. The lowest BCUT2D eigenvalue weighted by atomic mass is 9.96. The predicted molar refractivity (Wildman–Crippen MR) is 157 cm³/mol. The van der Waals surface area contributed by atoms with Gasteiger partial charge in [0.25, 0.3) is 11.2 Å². The number of fused-ring (bicyclic) bond motifs is 1. The number of ether oxygens (including phenoxy) is 3. The number of allylic oxidation sites excluding steroid dienone is 1. The van der Waals surface area contributed by atoms with Crippen molar-refractivity contribution in [2.24, 2.45) is 4.99 Å². The van der Waals surface area contributed by atoms with E-state index >= 15 is 0 Å². The molecule has 0 radical (unpaired) electrons. The number of benzene rings is 3. The Bertz CT molecular complexity index is 1860. The van der Waals surface area contributed by atoms with Crippen LogP contribution in [0.25, 0.3) is 6.08 Å². The van der Waals surface area contributed by atoms with Crippen molar-refractivity contribution in [2.75, 3.05) is 13.7 Å². The van der Waals surface area contributed by atoms with Crippen molar-refractivity contribution < 1.29 is 23.9 Å². The molecule has 0 N–H and O–H groups in total. The van der Waals surface area contributed by atoms with Gasteiger partial charge in [-0.2, -0.15) is 0 Å². The number of rotatable bonds is 9. The average Bonchev–Trinajstić information content (AvgIpc) is 3.30. The van der Waals surface area contributed by atoms with Crippen molar-refractivity contribution in [1.29, 1.82) is 0 Å². The van der Waals surface area contributed by atoms with E-state index in [1.807, 2.05) is 30.3 Å². The van der Waals surface area contributed by atoms with Crippen LogP contribution in [0, 0.1) is 10.1 Å². The molecule has 0 bridgehead atoms. The lowest BCUT2D eigenvalue weighted by molar-refractivity contribution is -0.384. The van der Waals surface area contributed by atoms with Crippen molar-refractivity contribution >= 4 is 29.1 Å². The number of thiazole rings is 1. The summed E-state index contributed by atoms with van der Waals surface area (Å²) in [5.41, 5.74) is 2.81. The maximum Gasteiger partial charge on any atom is 0.338 e. The van der Waals surface area contributed by atoms with Crippen LogP contribution in [-0.4, -0.2) is 29.2 Å². The van der Waals surface area contributed by atoms with Crippen molar-refractivity contribution in [3.05, 3.63) is 131 Å². The average molecular weight is 586 g/mol. The van der Waals surface area contributed by atoms with Crippen molar-refractivity contribution in [3.8, 4) is 11.5 Å². The van der Waals surface area contributed by atoms with E-state index in [2.05, 4.69) is 4.99 Å². The van der Waals surface area contributed by atoms with Gasteiger partial charge in [-0.25, -0.2) is 9.79 Å². The molecule has 0 fully saturated rings. The largest absolute Gasteiger partial charge is 0.493 e. The molecule has 10 nitrogen and oxygen atoms in total. The Morgan fingerprint density at radius 2 is 1.83 bits per heavy atom. The van der Waals surface area contributed by atoms with E-state index in [9.17, 15) is 19.7 Å². The molecule has 2 heterocycles. The van der Waals surface area contributed by atoms with E-state index in [1.54, 1.807) is 54.8 Å². The van der Waals surface area contributed by atoms with Gasteiger partial charge in [0.15, 0.2) is 16.3 Å². The van der Waals surface area contributed by atoms with E-state index in [-0.39, 0.29) is 24.5 Å². The number of nitro benzene ring substituents is 1. The van der Waals surface area contributed by atoms with Crippen LogP contribution in [0.1, 0.15) is 36.6 Å². The quantitative estimate of drug-likeness (QED) is 0.163. The molecular formula is C31H27N3O7S. The van der Waals surface area contributed by atoms with Crippen LogP contribution in [0.5, 0.6) is 11.5 Å². The van der Waals surface area contributed by atoms with Gasteiger partial charge in [0, 0.05) is 12.1 Å². The molecular weight excluding hydrogens is 558 g/mol. The first-order valence-electron chi connectivity index (χ1n) is 13.1. The molecule has 214 valence electrons. The highest BCUT2D eigenvalue weighted by Crippen LogP contribution is 2.31. The second-order valence-electron chi connectivity index (χ2n) is 9.34. The summed E-state index contributed by atoms with van der Waals surface area (Å²) in [5, 5.41) is 10.9. The van der Waals surface area contributed by atoms with Crippen LogP contribution in [0.2, 0.25) is 0 Å². The minimum absolute atomic E-state index is 0.00771. The zero-order valence-corrected chi connectivity index (χ0v) is 23.9. The summed E-state index contributed by atoms with van der Waals surface area (Å²) >= 11 is 1.24. The van der Waals surface area contributed by atoms with Crippen molar-refractivity contribution in [3.63, 3.8) is 0 Å². The molecule has 11 heteroatoms. The van der Waals surface area contributed by atoms with Gasteiger partial charge in [-0.1, -0.05) is 47.7 Å². The fourth-order valence-electron chi connectivity index (χ4n) is 4.66. The Hall–Kier alpha value is -5.03. The molecule has 1 aliphatic heterocycles. The molecule has 0 saturated carbocycles. The Morgan fingerprint density at radius 1 is 1.10 bits per heavy atom. The van der Waals surface area contributed by atoms with Crippen LogP contribution < -0.4 is 24.4 Å². The summed E-state index contributed by atoms with van der Waals surface area (Å²) in [6.45, 7) is 3.88. The maximum atomic E-state index is 13.8. The normalized spacial score (nSPS) is 14.6. The van der Waals surface area contributed by atoms with Crippen LogP contribution in [0.4, 0.5) is 5.69 Å². The summed E-state index contributed by atoms with van der Waals surface area (Å²) in [6.07, 6.45) is 1.75. The molecule has 5 rings (SSSR count). The Kier molecular flexibility index (Phi) is 8.30. The Labute approximate surface area is 244 Å². The molecule has 0 amide bonds. The molecule has 3 aromatic carbocycles. The summed E-state index contributed by atoms with van der Waals surface area (Å²) in [6, 6.07) is 20.1. The number of methoxy groups -OCH3 is 1. The number of esters is 1. The van der Waals surface area contributed by atoms with Gasteiger partial charge < -0.3 is 14.2 Å². The molecule has 1 atom stereocenters. The molecule has 1 aliphatic rings. The molecule has 0 saturated heterocycles. The highest BCUT2D eigenvalue weighted by atomic mass is 32.1. The maximum absolute atomic E-state index is 13.8. The molecule has 0 unspecified atom stereocenters. The minimum atomic E-state index is -0.673. The van der Waals surface area contributed by atoms with Gasteiger partial charge in [-0.15, -0.1) is 0 Å². The second kappa shape index (κ2) is 12.2. The zero-order chi connectivity index (χ0) is 29.8. The topological polar surface area (TPSA) is 122 Å².